The summed E-state index contributed by atoms with van der Waals surface area (Å²) < 4.78 is 49.1. The number of halogens is 1. The minimum Gasteiger partial charge on any atom is -0.387 e. The Labute approximate surface area is 144 Å². The molecule has 1 fully saturated rings. The van der Waals surface area contributed by atoms with Crippen LogP contribution in [-0.2, 0) is 34.5 Å². The molecule has 0 spiro atoms. The summed E-state index contributed by atoms with van der Waals surface area (Å²) >= 11 is 7.24. The average molecular weight is 454 g/mol. The van der Waals surface area contributed by atoms with Gasteiger partial charge in [-0.25, -0.2) is 13.5 Å². The molecule has 0 radical (unpaired) electrons. The van der Waals surface area contributed by atoms with Crippen LogP contribution in [0.2, 0.25) is 0 Å². The number of rotatable bonds is 6. The third kappa shape index (κ3) is 6.95. The minimum atomic E-state index is -5.32. The third-order valence-electron chi connectivity index (χ3n) is 2.75. The Morgan fingerprint density at radius 2 is 1.38 bits per heavy atom. The predicted molar refractivity (Wildman–Crippen MR) is 81.1 cm³/mol. The van der Waals surface area contributed by atoms with Gasteiger partial charge in [0, 0.05) is 0 Å². The lowest BCUT2D eigenvalue weighted by atomic mass is 9.86. The van der Waals surface area contributed by atoms with Gasteiger partial charge < -0.3 is 34.7 Å². The molecule has 0 aromatic carbocycles. The normalized spacial score (nSPS) is 37.9. The molecule has 0 bridgehead atoms. The first-order valence-electron chi connectivity index (χ1n) is 5.74. The zero-order chi connectivity index (χ0) is 19.1. The summed E-state index contributed by atoms with van der Waals surface area (Å²) in [4.78, 5) is 44.7. The number of aliphatic hydroxyl groups is 2. The Morgan fingerprint density at radius 3 is 1.75 bits per heavy atom. The van der Waals surface area contributed by atoms with Crippen molar-refractivity contribution in [2.24, 2.45) is 0 Å². The maximum absolute atomic E-state index is 14.2. The Hall–Kier alpha value is 0.990. The maximum atomic E-state index is 14.2. The number of aliphatic hydroxyl groups excluding tert-OH is 2. The number of thiol groups is 1. The smallest absolute Gasteiger partial charge is 0.387 e. The van der Waals surface area contributed by atoms with E-state index in [9.17, 15) is 23.7 Å². The molecule has 0 aliphatic heterocycles. The summed E-state index contributed by atoms with van der Waals surface area (Å²) in [5, 5.41) is 19.6. The summed E-state index contributed by atoms with van der Waals surface area (Å²) in [7, 11) is -5.32. The molecule has 1 aliphatic rings. The molecule has 0 aromatic heterocycles. The SMILES string of the molecule is O=P(O)(O)O[C@@H]1[C@H](O)[C@H](F)[C@@H](OP(O)(O)=S)[C@H](OP(=O)(O)S)[C@H]1O. The van der Waals surface area contributed by atoms with Crippen LogP contribution in [0.5, 0.6) is 0 Å². The molecule has 144 valence electrons. The molecule has 7 atom stereocenters. The lowest BCUT2D eigenvalue weighted by Crippen LogP contribution is -2.63. The molecular formula is C6H14FO12P3S2. The second kappa shape index (κ2) is 7.93. The highest BCUT2D eigenvalue weighted by Crippen LogP contribution is 2.53. The van der Waals surface area contributed by atoms with Crippen LogP contribution < -0.4 is 0 Å². The third-order valence-corrected chi connectivity index (χ3v) is 4.85. The zero-order valence-corrected chi connectivity index (χ0v) is 15.6. The Morgan fingerprint density at radius 1 is 0.875 bits per heavy atom. The van der Waals surface area contributed by atoms with Gasteiger partial charge in [0.05, 0.1) is 0 Å². The van der Waals surface area contributed by atoms with Crippen molar-refractivity contribution >= 4 is 45.4 Å². The molecule has 1 aliphatic carbocycles. The summed E-state index contributed by atoms with van der Waals surface area (Å²) in [6.07, 6.45) is -14.3. The molecule has 7 N–H and O–H groups in total. The molecule has 0 aromatic rings. The van der Waals surface area contributed by atoms with Gasteiger partial charge in [-0.1, -0.05) is 12.2 Å². The summed E-state index contributed by atoms with van der Waals surface area (Å²) in [5.41, 5.74) is 0. The standard InChI is InChI=1S/C6H14FO12P3S2/c7-1-2(8)5(17-20(10,11)12)3(9)6(19-22(15,16)24)4(1)18-21(13,14)23/h1-6,8-9H,(H2,10,11,12)(H2,13,14,23)(H2,15,16,24)/t1-,2+,3-,4+,5+,6+/m0/s1. The van der Waals surface area contributed by atoms with Crippen LogP contribution in [0, 0.1) is 0 Å². The highest BCUT2D eigenvalue weighted by Gasteiger charge is 2.56. The molecule has 1 unspecified atom stereocenters. The molecule has 0 amide bonds. The summed E-state index contributed by atoms with van der Waals surface area (Å²) in [5.74, 6) is 0. The number of hydrogen-bond donors (Lipinski definition) is 8. The van der Waals surface area contributed by atoms with Crippen LogP contribution in [0.15, 0.2) is 0 Å². The second-order valence-electron chi connectivity index (χ2n) is 4.61. The van der Waals surface area contributed by atoms with E-state index in [0.717, 1.165) is 0 Å². The summed E-state index contributed by atoms with van der Waals surface area (Å²) in [6, 6.07) is 0. The molecule has 0 heterocycles. The van der Waals surface area contributed by atoms with Crippen molar-refractivity contribution in [2.45, 2.75) is 36.7 Å². The molecule has 1 saturated carbocycles. The van der Waals surface area contributed by atoms with Gasteiger partial charge in [0.2, 0.25) is 0 Å². The molecular weight excluding hydrogens is 440 g/mol. The van der Waals surface area contributed by atoms with Crippen LogP contribution in [0.25, 0.3) is 0 Å². The quantitative estimate of drug-likeness (QED) is 0.171. The van der Waals surface area contributed by atoms with Gasteiger partial charge in [-0.3, -0.25) is 13.6 Å². The average Bonchev–Trinajstić information content (AvgIpc) is 2.32. The fraction of sp³-hybridized carbons (Fsp3) is 1.00. The van der Waals surface area contributed by atoms with Crippen LogP contribution >= 0.6 is 33.6 Å². The van der Waals surface area contributed by atoms with Gasteiger partial charge in [0.15, 0.2) is 6.17 Å². The van der Waals surface area contributed by atoms with E-state index in [1.807, 2.05) is 0 Å². The van der Waals surface area contributed by atoms with E-state index < -0.39 is 58.0 Å². The van der Waals surface area contributed by atoms with Crippen molar-refractivity contribution < 1.29 is 61.8 Å². The lowest BCUT2D eigenvalue weighted by molar-refractivity contribution is -0.191. The molecule has 24 heavy (non-hydrogen) atoms. The highest BCUT2D eigenvalue weighted by molar-refractivity contribution is 8.44. The van der Waals surface area contributed by atoms with Crippen molar-refractivity contribution in [2.75, 3.05) is 0 Å². The highest BCUT2D eigenvalue weighted by atomic mass is 32.7. The first-order valence-corrected chi connectivity index (χ1v) is 12.6. The topological polar surface area (TPSA) is 203 Å². The van der Waals surface area contributed by atoms with E-state index in [1.165, 1.54) is 0 Å². The maximum Gasteiger partial charge on any atom is 0.470 e. The Kier molecular flexibility index (Phi) is 7.61. The Balaban J connectivity index is 3.23. The van der Waals surface area contributed by atoms with E-state index in [1.54, 1.807) is 0 Å². The zero-order valence-electron chi connectivity index (χ0n) is 11.2. The Bertz CT molecular complexity index is 587. The van der Waals surface area contributed by atoms with Crippen molar-refractivity contribution in [3.63, 3.8) is 0 Å². The number of alkyl halides is 1. The molecule has 1 rings (SSSR count). The monoisotopic (exact) mass is 454 g/mol. The fourth-order valence-corrected chi connectivity index (χ4v) is 4.29. The largest absolute Gasteiger partial charge is 0.470 e. The summed E-state index contributed by atoms with van der Waals surface area (Å²) in [6.45, 7) is -9.31. The van der Waals surface area contributed by atoms with Crippen molar-refractivity contribution in [1.29, 1.82) is 0 Å². The van der Waals surface area contributed by atoms with Gasteiger partial charge in [-0.15, -0.1) is 0 Å². The van der Waals surface area contributed by atoms with Gasteiger partial charge in [-0.2, -0.15) is 0 Å². The number of phosphoric ester groups is 1. The van der Waals surface area contributed by atoms with E-state index in [2.05, 4.69) is 37.6 Å². The van der Waals surface area contributed by atoms with E-state index in [-0.39, 0.29) is 0 Å². The van der Waals surface area contributed by atoms with Crippen LogP contribution in [0.1, 0.15) is 0 Å². The molecule has 18 heteroatoms. The van der Waals surface area contributed by atoms with Gasteiger partial charge in [0.25, 0.3) is 0 Å². The van der Waals surface area contributed by atoms with Gasteiger partial charge >= 0.3 is 21.3 Å². The van der Waals surface area contributed by atoms with E-state index in [0.29, 0.717) is 0 Å². The second-order valence-corrected chi connectivity index (χ2v) is 11.1. The van der Waals surface area contributed by atoms with Crippen LogP contribution in [-0.4, -0.2) is 71.4 Å². The van der Waals surface area contributed by atoms with Gasteiger partial charge in [0.1, 0.15) is 30.5 Å². The van der Waals surface area contributed by atoms with Crippen molar-refractivity contribution in [1.82, 2.24) is 0 Å². The van der Waals surface area contributed by atoms with E-state index >= 15 is 0 Å². The number of hydrogen-bond acceptors (Lipinski definition) is 8. The van der Waals surface area contributed by atoms with E-state index in [4.69, 9.17) is 24.5 Å². The fourth-order valence-electron chi connectivity index (χ4n) is 1.98. The van der Waals surface area contributed by atoms with Crippen molar-refractivity contribution in [3.8, 4) is 0 Å². The van der Waals surface area contributed by atoms with Crippen molar-refractivity contribution in [3.05, 3.63) is 0 Å². The van der Waals surface area contributed by atoms with Gasteiger partial charge in [-0.05, 0) is 11.8 Å². The molecule has 12 nitrogen and oxygen atoms in total. The first kappa shape index (κ1) is 23.0. The molecule has 0 saturated heterocycles. The minimum absolute atomic E-state index is 2.24. The van der Waals surface area contributed by atoms with Crippen LogP contribution in [0.4, 0.5) is 4.39 Å². The predicted octanol–water partition coefficient (Wildman–Crippen LogP) is -1.45. The number of phosphoric acid groups is 1. The lowest BCUT2D eigenvalue weighted by Gasteiger charge is -2.44. The van der Waals surface area contributed by atoms with Crippen LogP contribution in [0.3, 0.4) is 0 Å². The first-order chi connectivity index (χ1) is 10.5.